The van der Waals surface area contributed by atoms with E-state index in [1.807, 2.05) is 41.0 Å². The van der Waals surface area contributed by atoms with Gasteiger partial charge in [-0.05, 0) is 23.8 Å². The molecule has 0 atom stereocenters. The van der Waals surface area contributed by atoms with Gasteiger partial charge in [-0.1, -0.05) is 54.2 Å². The van der Waals surface area contributed by atoms with Crippen molar-refractivity contribution >= 4 is 17.3 Å². The highest BCUT2D eigenvalue weighted by atomic mass is 32.2. The van der Waals surface area contributed by atoms with Gasteiger partial charge in [0.25, 0.3) is 0 Å². The third kappa shape index (κ3) is 3.37. The average Bonchev–Trinajstić information content (AvgIpc) is 3.12. The number of hydrogen-bond donors (Lipinski definition) is 0. The van der Waals surface area contributed by atoms with Crippen LogP contribution in [0.1, 0.15) is 5.56 Å². The molecule has 4 nitrogen and oxygen atoms in total. The predicted molar refractivity (Wildman–Crippen MR) is 101 cm³/mol. The molecular weight excluding hydrogens is 330 g/mol. The van der Waals surface area contributed by atoms with Crippen molar-refractivity contribution in [2.24, 2.45) is 0 Å². The maximum atomic E-state index is 5.31. The first-order chi connectivity index (χ1) is 12.3. The topological polar surface area (TPSA) is 39.4 Å². The van der Waals surface area contributed by atoms with Crippen molar-refractivity contribution in [2.75, 3.05) is 7.11 Å². The van der Waals surface area contributed by atoms with Crippen LogP contribution in [-0.4, -0.2) is 21.7 Å². The molecule has 0 aliphatic heterocycles. The van der Waals surface area contributed by atoms with Crippen molar-refractivity contribution in [3.8, 4) is 17.0 Å². The van der Waals surface area contributed by atoms with E-state index in [9.17, 15) is 0 Å². The summed E-state index contributed by atoms with van der Waals surface area (Å²) in [6.07, 6.45) is 3.67. The molecule has 25 heavy (non-hydrogen) atoms. The van der Waals surface area contributed by atoms with Gasteiger partial charge in [0.05, 0.1) is 18.3 Å². The number of hydrogen-bond acceptors (Lipinski definition) is 4. The Bertz CT molecular complexity index is 998. The molecule has 0 radical (unpaired) electrons. The third-order valence-electron chi connectivity index (χ3n) is 3.94. The molecule has 2 heterocycles. The predicted octanol–water partition coefficient (Wildman–Crippen LogP) is 4.70. The van der Waals surface area contributed by atoms with Gasteiger partial charge in [-0.2, -0.15) is 5.10 Å². The summed E-state index contributed by atoms with van der Waals surface area (Å²) < 4.78 is 7.19. The zero-order valence-corrected chi connectivity index (χ0v) is 14.6. The average molecular weight is 347 g/mol. The van der Waals surface area contributed by atoms with Gasteiger partial charge in [-0.3, -0.25) is 0 Å². The number of aromatic nitrogens is 3. The smallest absolute Gasteiger partial charge is 0.122 e. The van der Waals surface area contributed by atoms with Gasteiger partial charge in [-0.25, -0.2) is 9.50 Å². The van der Waals surface area contributed by atoms with E-state index in [4.69, 9.17) is 4.74 Å². The Morgan fingerprint density at radius 1 is 1.04 bits per heavy atom. The van der Waals surface area contributed by atoms with Crippen LogP contribution in [0.25, 0.3) is 16.8 Å². The van der Waals surface area contributed by atoms with E-state index in [0.29, 0.717) is 0 Å². The summed E-state index contributed by atoms with van der Waals surface area (Å²) in [5.41, 5.74) is 4.24. The first-order valence-electron chi connectivity index (χ1n) is 7.99. The minimum absolute atomic E-state index is 0.825. The quantitative estimate of drug-likeness (QED) is 0.491. The number of benzene rings is 2. The Morgan fingerprint density at radius 2 is 1.92 bits per heavy atom. The number of fused-ring (bicyclic) bond motifs is 1. The minimum atomic E-state index is 0.825. The Kier molecular flexibility index (Phi) is 4.39. The van der Waals surface area contributed by atoms with Crippen molar-refractivity contribution in [3.63, 3.8) is 0 Å². The molecule has 4 rings (SSSR count). The molecule has 0 aliphatic rings. The van der Waals surface area contributed by atoms with Crippen molar-refractivity contribution in [2.45, 2.75) is 10.8 Å². The lowest BCUT2D eigenvalue weighted by molar-refractivity contribution is 0.415. The van der Waals surface area contributed by atoms with E-state index in [2.05, 4.69) is 40.4 Å². The second-order valence-corrected chi connectivity index (χ2v) is 6.56. The molecule has 0 fully saturated rings. The first-order valence-corrected chi connectivity index (χ1v) is 8.97. The number of rotatable bonds is 5. The van der Waals surface area contributed by atoms with Crippen LogP contribution in [-0.2, 0) is 5.75 Å². The molecule has 0 bridgehead atoms. The molecule has 4 aromatic rings. The fraction of sp³-hybridized carbons (Fsp3) is 0.100. The van der Waals surface area contributed by atoms with Crippen LogP contribution in [0.3, 0.4) is 0 Å². The number of methoxy groups -OCH3 is 1. The van der Waals surface area contributed by atoms with Crippen molar-refractivity contribution in [1.29, 1.82) is 0 Å². The molecule has 0 N–H and O–H groups in total. The van der Waals surface area contributed by atoms with Crippen LogP contribution < -0.4 is 4.74 Å². The number of ether oxygens (including phenoxy) is 1. The zero-order chi connectivity index (χ0) is 17.1. The molecule has 0 amide bonds. The van der Waals surface area contributed by atoms with E-state index in [1.165, 1.54) is 5.56 Å². The van der Waals surface area contributed by atoms with Gasteiger partial charge in [0.2, 0.25) is 0 Å². The lowest BCUT2D eigenvalue weighted by atomic mass is 10.1. The highest BCUT2D eigenvalue weighted by molar-refractivity contribution is 7.98. The Balaban J connectivity index is 1.66. The normalized spacial score (nSPS) is 10.9. The van der Waals surface area contributed by atoms with Crippen molar-refractivity contribution in [3.05, 3.63) is 78.6 Å². The van der Waals surface area contributed by atoms with Gasteiger partial charge in [0.1, 0.15) is 10.8 Å². The third-order valence-corrected chi connectivity index (χ3v) is 5.00. The molecule has 124 valence electrons. The minimum Gasteiger partial charge on any atom is -0.497 e. The number of nitrogens with zero attached hydrogens (tertiary/aromatic N) is 3. The van der Waals surface area contributed by atoms with Crippen molar-refractivity contribution in [1.82, 2.24) is 14.6 Å². The molecule has 0 spiro atoms. The van der Waals surface area contributed by atoms with Gasteiger partial charge in [0, 0.05) is 23.7 Å². The Morgan fingerprint density at radius 3 is 2.76 bits per heavy atom. The SMILES string of the molecule is COc1cccc(-c2cc3c(SCc4ccccc4)nccn3n2)c1. The summed E-state index contributed by atoms with van der Waals surface area (Å²) in [6, 6.07) is 20.4. The molecule has 0 unspecified atom stereocenters. The highest BCUT2D eigenvalue weighted by Gasteiger charge is 2.10. The second kappa shape index (κ2) is 6.99. The van der Waals surface area contributed by atoms with E-state index in [0.717, 1.165) is 33.3 Å². The van der Waals surface area contributed by atoms with E-state index in [1.54, 1.807) is 25.1 Å². The van der Waals surface area contributed by atoms with Crippen LogP contribution in [0.4, 0.5) is 0 Å². The molecule has 0 saturated heterocycles. The summed E-state index contributed by atoms with van der Waals surface area (Å²) in [6.45, 7) is 0. The largest absolute Gasteiger partial charge is 0.497 e. The van der Waals surface area contributed by atoms with Crippen molar-refractivity contribution < 1.29 is 4.74 Å². The first kappa shape index (κ1) is 15.7. The highest BCUT2D eigenvalue weighted by Crippen LogP contribution is 2.29. The molecule has 2 aromatic heterocycles. The zero-order valence-electron chi connectivity index (χ0n) is 13.8. The van der Waals surface area contributed by atoms with E-state index in [-0.39, 0.29) is 0 Å². The monoisotopic (exact) mass is 347 g/mol. The fourth-order valence-corrected chi connectivity index (χ4v) is 3.59. The van der Waals surface area contributed by atoms with Crippen LogP contribution in [0.5, 0.6) is 5.75 Å². The van der Waals surface area contributed by atoms with Crippen LogP contribution in [0.2, 0.25) is 0 Å². The summed E-state index contributed by atoms with van der Waals surface area (Å²) in [4.78, 5) is 4.54. The van der Waals surface area contributed by atoms with Crippen LogP contribution >= 0.6 is 11.8 Å². The van der Waals surface area contributed by atoms with Gasteiger partial charge in [0.15, 0.2) is 0 Å². The summed E-state index contributed by atoms with van der Waals surface area (Å²) in [7, 11) is 1.67. The molecule has 5 heteroatoms. The van der Waals surface area contributed by atoms with Gasteiger partial charge < -0.3 is 4.74 Å². The Hall–Kier alpha value is -2.79. The molecular formula is C20H17N3OS. The Labute approximate surface area is 150 Å². The molecule has 0 aliphatic carbocycles. The summed E-state index contributed by atoms with van der Waals surface area (Å²) in [5, 5.41) is 5.66. The summed E-state index contributed by atoms with van der Waals surface area (Å²) >= 11 is 1.72. The molecule has 0 saturated carbocycles. The molecule has 2 aromatic carbocycles. The fourth-order valence-electron chi connectivity index (χ4n) is 2.66. The maximum Gasteiger partial charge on any atom is 0.122 e. The lowest BCUT2D eigenvalue weighted by Crippen LogP contribution is -1.91. The van der Waals surface area contributed by atoms with E-state index < -0.39 is 0 Å². The lowest BCUT2D eigenvalue weighted by Gasteiger charge is -2.02. The van der Waals surface area contributed by atoms with Gasteiger partial charge >= 0.3 is 0 Å². The number of thioether (sulfide) groups is 1. The van der Waals surface area contributed by atoms with Gasteiger partial charge in [-0.15, -0.1) is 0 Å². The van der Waals surface area contributed by atoms with Crippen LogP contribution in [0.15, 0.2) is 78.1 Å². The summed E-state index contributed by atoms with van der Waals surface area (Å²) in [5.74, 6) is 1.71. The van der Waals surface area contributed by atoms with Crippen LogP contribution in [0, 0.1) is 0 Å². The van der Waals surface area contributed by atoms with E-state index >= 15 is 0 Å². The standard InChI is InChI=1S/C20H17N3OS/c1-24-17-9-5-8-16(12-17)18-13-19-20(21-10-11-23(19)22-18)25-14-15-6-3-2-4-7-15/h2-13H,14H2,1H3. The second-order valence-electron chi connectivity index (χ2n) is 5.60. The maximum absolute atomic E-state index is 5.31.